The fourth-order valence-corrected chi connectivity index (χ4v) is 1.36. The van der Waals surface area contributed by atoms with Crippen LogP contribution in [0.2, 0.25) is 5.02 Å². The number of amides is 2. The average Bonchev–Trinajstić information content (AvgIpc) is 2.23. The molecule has 0 spiro atoms. The van der Waals surface area contributed by atoms with Crippen LogP contribution in [0.4, 0.5) is 14.9 Å². The summed E-state index contributed by atoms with van der Waals surface area (Å²) in [5, 5.41) is 21.6. The van der Waals surface area contributed by atoms with Crippen molar-refractivity contribution in [3.63, 3.8) is 0 Å². The monoisotopic (exact) mass is 276 g/mol. The molecule has 2 amide bonds. The number of carboxylic acid groups (broad SMARTS) is 1. The van der Waals surface area contributed by atoms with Crippen LogP contribution in [-0.4, -0.2) is 34.9 Å². The standard InChI is InChI=1S/C10H10ClFN2O4/c11-5-1-6(12)3-7(2-5)13-10(18)14-8(4-15)9(16)17/h1-3,8,15H,4H2,(H,16,17)(H2,13,14,18). The fourth-order valence-electron chi connectivity index (χ4n) is 1.14. The second-order valence-electron chi connectivity index (χ2n) is 3.33. The molecule has 6 nitrogen and oxygen atoms in total. The second kappa shape index (κ2) is 6.18. The van der Waals surface area contributed by atoms with Gasteiger partial charge < -0.3 is 20.8 Å². The number of carboxylic acids is 1. The van der Waals surface area contributed by atoms with Crippen LogP contribution in [0.5, 0.6) is 0 Å². The van der Waals surface area contributed by atoms with Crippen molar-refractivity contribution >= 4 is 29.3 Å². The summed E-state index contributed by atoms with van der Waals surface area (Å²) in [5.74, 6) is -2.03. The number of nitrogens with one attached hydrogen (secondary N) is 2. The highest BCUT2D eigenvalue weighted by atomic mass is 35.5. The maximum Gasteiger partial charge on any atom is 0.328 e. The third-order valence-electron chi connectivity index (χ3n) is 1.91. The Morgan fingerprint density at radius 2 is 2.06 bits per heavy atom. The van der Waals surface area contributed by atoms with Gasteiger partial charge >= 0.3 is 12.0 Å². The van der Waals surface area contributed by atoms with Gasteiger partial charge in [0.2, 0.25) is 0 Å². The number of urea groups is 1. The molecule has 1 aromatic rings. The van der Waals surface area contributed by atoms with Gasteiger partial charge in [-0.3, -0.25) is 0 Å². The second-order valence-corrected chi connectivity index (χ2v) is 3.77. The first-order valence-corrected chi connectivity index (χ1v) is 5.17. The highest BCUT2D eigenvalue weighted by molar-refractivity contribution is 6.30. The van der Waals surface area contributed by atoms with Gasteiger partial charge in [-0.1, -0.05) is 11.6 Å². The molecule has 18 heavy (non-hydrogen) atoms. The highest BCUT2D eigenvalue weighted by Crippen LogP contribution is 2.17. The lowest BCUT2D eigenvalue weighted by Crippen LogP contribution is -2.45. The first-order valence-electron chi connectivity index (χ1n) is 4.79. The molecule has 8 heteroatoms. The Morgan fingerprint density at radius 1 is 1.39 bits per heavy atom. The number of aliphatic hydroxyl groups excluding tert-OH is 1. The van der Waals surface area contributed by atoms with Crippen LogP contribution in [0.15, 0.2) is 18.2 Å². The van der Waals surface area contributed by atoms with Crippen LogP contribution in [0.3, 0.4) is 0 Å². The molecule has 1 aromatic carbocycles. The van der Waals surface area contributed by atoms with E-state index in [1.807, 2.05) is 5.32 Å². The normalized spacial score (nSPS) is 11.7. The van der Waals surface area contributed by atoms with Crippen molar-refractivity contribution in [2.75, 3.05) is 11.9 Å². The number of carbonyl (C=O) groups excluding carboxylic acids is 1. The van der Waals surface area contributed by atoms with Crippen molar-refractivity contribution in [1.29, 1.82) is 0 Å². The summed E-state index contributed by atoms with van der Waals surface area (Å²) in [5.41, 5.74) is 0.0691. The zero-order valence-corrected chi connectivity index (χ0v) is 9.74. The number of halogens is 2. The minimum atomic E-state index is -1.44. The molecule has 1 rings (SSSR count). The lowest BCUT2D eigenvalue weighted by Gasteiger charge is -2.12. The Morgan fingerprint density at radius 3 is 2.56 bits per heavy atom. The van der Waals surface area contributed by atoms with E-state index in [2.05, 4.69) is 5.32 Å². The van der Waals surface area contributed by atoms with Gasteiger partial charge in [-0.05, 0) is 18.2 Å². The molecule has 4 N–H and O–H groups in total. The molecule has 0 fully saturated rings. The van der Waals surface area contributed by atoms with E-state index in [1.165, 1.54) is 6.07 Å². The molecule has 0 bridgehead atoms. The number of hydrogen-bond donors (Lipinski definition) is 4. The summed E-state index contributed by atoms with van der Waals surface area (Å²) in [7, 11) is 0. The van der Waals surface area contributed by atoms with E-state index in [-0.39, 0.29) is 10.7 Å². The van der Waals surface area contributed by atoms with Crippen molar-refractivity contribution in [2.24, 2.45) is 0 Å². The topological polar surface area (TPSA) is 98.7 Å². The molecule has 98 valence electrons. The summed E-state index contributed by atoms with van der Waals surface area (Å²) < 4.78 is 12.9. The third kappa shape index (κ3) is 4.19. The maximum absolute atomic E-state index is 12.9. The van der Waals surface area contributed by atoms with E-state index in [1.54, 1.807) is 0 Å². The van der Waals surface area contributed by atoms with Gasteiger partial charge in [0, 0.05) is 10.7 Å². The molecule has 0 radical (unpaired) electrons. The van der Waals surface area contributed by atoms with Gasteiger partial charge in [0.15, 0.2) is 6.04 Å². The van der Waals surface area contributed by atoms with Crippen LogP contribution in [0.1, 0.15) is 0 Å². The lowest BCUT2D eigenvalue weighted by atomic mass is 10.3. The number of aliphatic carboxylic acids is 1. The lowest BCUT2D eigenvalue weighted by molar-refractivity contribution is -0.140. The fraction of sp³-hybridized carbons (Fsp3) is 0.200. The molecule has 0 aromatic heterocycles. The molecule has 0 saturated heterocycles. The van der Waals surface area contributed by atoms with E-state index in [4.69, 9.17) is 21.8 Å². The Hall–Kier alpha value is -1.86. The molecule has 1 atom stereocenters. The smallest absolute Gasteiger partial charge is 0.328 e. The molecule has 1 unspecified atom stereocenters. The summed E-state index contributed by atoms with van der Waals surface area (Å²) in [4.78, 5) is 21.9. The minimum absolute atomic E-state index is 0.0691. The van der Waals surface area contributed by atoms with E-state index in [9.17, 15) is 14.0 Å². The van der Waals surface area contributed by atoms with Gasteiger partial charge in [0.1, 0.15) is 5.82 Å². The molecule has 0 heterocycles. The van der Waals surface area contributed by atoms with Crippen LogP contribution in [-0.2, 0) is 4.79 Å². The molecular formula is C10H10ClFN2O4. The predicted molar refractivity (Wildman–Crippen MR) is 62.1 cm³/mol. The van der Waals surface area contributed by atoms with E-state index >= 15 is 0 Å². The number of aliphatic hydroxyl groups is 1. The highest BCUT2D eigenvalue weighted by Gasteiger charge is 2.18. The van der Waals surface area contributed by atoms with Crippen molar-refractivity contribution < 1.29 is 24.2 Å². The first-order chi connectivity index (χ1) is 8.42. The molecule has 0 aliphatic rings. The Kier molecular flexibility index (Phi) is 4.87. The Bertz CT molecular complexity index is 449. The van der Waals surface area contributed by atoms with Gasteiger partial charge in [-0.15, -0.1) is 0 Å². The minimum Gasteiger partial charge on any atom is -0.480 e. The van der Waals surface area contributed by atoms with Crippen LogP contribution in [0, 0.1) is 5.82 Å². The quantitative estimate of drug-likeness (QED) is 0.660. The van der Waals surface area contributed by atoms with Crippen LogP contribution < -0.4 is 10.6 Å². The predicted octanol–water partition coefficient (Wildman–Crippen LogP) is 1.05. The molecular weight excluding hydrogens is 267 g/mol. The summed E-state index contributed by atoms with van der Waals surface area (Å²) in [6, 6.07) is 1.03. The average molecular weight is 277 g/mol. The van der Waals surface area contributed by atoms with Crippen molar-refractivity contribution in [3.8, 4) is 0 Å². The zero-order chi connectivity index (χ0) is 13.7. The van der Waals surface area contributed by atoms with Gasteiger partial charge in [-0.25, -0.2) is 14.0 Å². The Balaban J connectivity index is 2.67. The molecule has 0 aliphatic carbocycles. The molecule has 0 saturated carbocycles. The van der Waals surface area contributed by atoms with E-state index < -0.39 is 30.5 Å². The largest absolute Gasteiger partial charge is 0.480 e. The SMILES string of the molecule is O=C(Nc1cc(F)cc(Cl)c1)NC(CO)C(=O)O. The summed E-state index contributed by atoms with van der Waals surface area (Å²) in [6.07, 6.45) is 0. The third-order valence-corrected chi connectivity index (χ3v) is 2.12. The van der Waals surface area contributed by atoms with E-state index in [0.29, 0.717) is 0 Å². The number of benzene rings is 1. The summed E-state index contributed by atoms with van der Waals surface area (Å²) in [6.45, 7) is -0.757. The maximum atomic E-state index is 12.9. The number of rotatable bonds is 4. The van der Waals surface area contributed by atoms with Crippen LogP contribution >= 0.6 is 11.6 Å². The number of hydrogen-bond acceptors (Lipinski definition) is 3. The van der Waals surface area contributed by atoms with Gasteiger partial charge in [0.05, 0.1) is 6.61 Å². The first kappa shape index (κ1) is 14.2. The zero-order valence-electron chi connectivity index (χ0n) is 8.98. The summed E-state index contributed by atoms with van der Waals surface area (Å²) >= 11 is 5.57. The van der Waals surface area contributed by atoms with Crippen molar-refractivity contribution in [2.45, 2.75) is 6.04 Å². The number of anilines is 1. The van der Waals surface area contributed by atoms with Crippen LogP contribution in [0.25, 0.3) is 0 Å². The van der Waals surface area contributed by atoms with Crippen molar-refractivity contribution in [1.82, 2.24) is 5.32 Å². The van der Waals surface area contributed by atoms with Crippen molar-refractivity contribution in [3.05, 3.63) is 29.0 Å². The molecule has 0 aliphatic heterocycles. The number of carbonyl (C=O) groups is 2. The van der Waals surface area contributed by atoms with E-state index in [0.717, 1.165) is 12.1 Å². The van der Waals surface area contributed by atoms with Gasteiger partial charge in [0.25, 0.3) is 0 Å². The van der Waals surface area contributed by atoms with Gasteiger partial charge in [-0.2, -0.15) is 0 Å². The Labute approximate surface area is 106 Å².